The monoisotopic (exact) mass is 317 g/mol. The van der Waals surface area contributed by atoms with Crippen LogP contribution in [0.15, 0.2) is 41.0 Å². The Morgan fingerprint density at radius 3 is 2.84 bits per heavy atom. The summed E-state index contributed by atoms with van der Waals surface area (Å²) < 4.78 is 0.897. The quantitative estimate of drug-likeness (QED) is 0.925. The van der Waals surface area contributed by atoms with E-state index in [4.69, 9.17) is 0 Å². The summed E-state index contributed by atoms with van der Waals surface area (Å²) in [5.74, 6) is 0.710. The Morgan fingerprint density at radius 2 is 2.16 bits per heavy atom. The highest BCUT2D eigenvalue weighted by Crippen LogP contribution is 2.36. The molecule has 0 spiro atoms. The number of hydrogen-bond acceptors (Lipinski definition) is 3. The fourth-order valence-electron chi connectivity index (χ4n) is 2.23. The lowest BCUT2D eigenvalue weighted by Crippen LogP contribution is -2.21. The summed E-state index contributed by atoms with van der Waals surface area (Å²) in [7, 11) is 1.87. The second-order valence-electron chi connectivity index (χ2n) is 4.33. The number of aromatic nitrogens is 1. The zero-order chi connectivity index (χ0) is 13.4. The molecule has 0 fully saturated rings. The van der Waals surface area contributed by atoms with Gasteiger partial charge in [0.05, 0.1) is 12.1 Å². The molecule has 2 heterocycles. The van der Waals surface area contributed by atoms with Crippen LogP contribution in [0.3, 0.4) is 0 Å². The largest absolute Gasteiger partial charge is 0.388 e. The van der Waals surface area contributed by atoms with Crippen molar-refractivity contribution < 1.29 is 4.79 Å². The minimum absolute atomic E-state index is 0.0538. The average molecular weight is 318 g/mol. The Labute approximate surface area is 119 Å². The molecular weight excluding hydrogens is 306 g/mol. The standard InChI is InChI=1S/C14H12BrN3O/c1-16-11-3-4-12-9(6-11)7-14(19)18(12)13-5-2-10(15)8-17-13/h2-6,8,16H,7H2,1H3. The number of pyridine rings is 1. The highest BCUT2D eigenvalue weighted by atomic mass is 79.9. The lowest BCUT2D eigenvalue weighted by atomic mass is 10.1. The van der Waals surface area contributed by atoms with Gasteiger partial charge in [-0.15, -0.1) is 0 Å². The van der Waals surface area contributed by atoms with Gasteiger partial charge in [0.2, 0.25) is 5.91 Å². The Morgan fingerprint density at radius 1 is 1.32 bits per heavy atom. The number of anilines is 3. The van der Waals surface area contributed by atoms with Crippen LogP contribution in [0.4, 0.5) is 17.2 Å². The summed E-state index contributed by atoms with van der Waals surface area (Å²) in [6, 6.07) is 9.64. The Hall–Kier alpha value is -1.88. The number of nitrogens with zero attached hydrogens (tertiary/aromatic N) is 2. The molecule has 0 atom stereocenters. The van der Waals surface area contributed by atoms with E-state index < -0.39 is 0 Å². The van der Waals surface area contributed by atoms with Crippen LogP contribution >= 0.6 is 15.9 Å². The number of amides is 1. The van der Waals surface area contributed by atoms with Crippen molar-refractivity contribution in [1.29, 1.82) is 0 Å². The van der Waals surface area contributed by atoms with Crippen LogP contribution in [0.25, 0.3) is 0 Å². The highest BCUT2D eigenvalue weighted by molar-refractivity contribution is 9.10. The summed E-state index contributed by atoms with van der Waals surface area (Å²) in [5.41, 5.74) is 2.96. The zero-order valence-corrected chi connectivity index (χ0v) is 11.9. The molecule has 0 aliphatic carbocycles. The van der Waals surface area contributed by atoms with Crippen LogP contribution < -0.4 is 10.2 Å². The highest BCUT2D eigenvalue weighted by Gasteiger charge is 2.29. The van der Waals surface area contributed by atoms with Crippen molar-refractivity contribution in [2.24, 2.45) is 0 Å². The second-order valence-corrected chi connectivity index (χ2v) is 5.25. The van der Waals surface area contributed by atoms with Crippen molar-refractivity contribution in [3.63, 3.8) is 0 Å². The lowest BCUT2D eigenvalue weighted by molar-refractivity contribution is -0.116. The predicted molar refractivity (Wildman–Crippen MR) is 78.8 cm³/mol. The molecule has 0 saturated carbocycles. The van der Waals surface area contributed by atoms with E-state index in [0.29, 0.717) is 12.2 Å². The van der Waals surface area contributed by atoms with Gasteiger partial charge >= 0.3 is 0 Å². The summed E-state index contributed by atoms with van der Waals surface area (Å²) in [6.07, 6.45) is 2.12. The van der Waals surface area contributed by atoms with Crippen molar-refractivity contribution in [1.82, 2.24) is 4.98 Å². The second kappa shape index (κ2) is 4.66. The van der Waals surface area contributed by atoms with E-state index in [-0.39, 0.29) is 5.91 Å². The Balaban J connectivity index is 2.05. The van der Waals surface area contributed by atoms with Gasteiger partial charge in [-0.05, 0) is 51.8 Å². The maximum Gasteiger partial charge on any atom is 0.237 e. The van der Waals surface area contributed by atoms with Gasteiger partial charge in [-0.3, -0.25) is 9.69 Å². The minimum Gasteiger partial charge on any atom is -0.388 e. The third-order valence-corrected chi connectivity index (χ3v) is 3.61. The van der Waals surface area contributed by atoms with Crippen LogP contribution in [-0.4, -0.2) is 17.9 Å². The first-order valence-electron chi connectivity index (χ1n) is 5.94. The van der Waals surface area contributed by atoms with Crippen molar-refractivity contribution in [2.45, 2.75) is 6.42 Å². The molecule has 1 aliphatic rings. The molecule has 5 heteroatoms. The third kappa shape index (κ3) is 2.10. The number of fused-ring (bicyclic) bond motifs is 1. The molecule has 0 saturated heterocycles. The molecule has 1 aromatic carbocycles. The van der Waals surface area contributed by atoms with Crippen molar-refractivity contribution >= 4 is 39.0 Å². The van der Waals surface area contributed by atoms with E-state index in [1.165, 1.54) is 0 Å². The molecule has 2 aromatic rings. The topological polar surface area (TPSA) is 45.2 Å². The molecule has 96 valence electrons. The fourth-order valence-corrected chi connectivity index (χ4v) is 2.46. The smallest absolute Gasteiger partial charge is 0.237 e. The minimum atomic E-state index is 0.0538. The Kier molecular flexibility index (Phi) is 2.98. The van der Waals surface area contributed by atoms with E-state index in [9.17, 15) is 4.79 Å². The molecule has 0 bridgehead atoms. The molecule has 0 unspecified atom stereocenters. The van der Waals surface area contributed by atoms with Crippen LogP contribution in [0.1, 0.15) is 5.56 Å². The number of carbonyl (C=O) groups is 1. The number of hydrogen-bond donors (Lipinski definition) is 1. The van der Waals surface area contributed by atoms with E-state index in [0.717, 1.165) is 21.4 Å². The van der Waals surface area contributed by atoms with Gasteiger partial charge in [-0.1, -0.05) is 0 Å². The van der Waals surface area contributed by atoms with Gasteiger partial charge in [-0.25, -0.2) is 4.98 Å². The van der Waals surface area contributed by atoms with Crippen molar-refractivity contribution in [3.8, 4) is 0 Å². The molecule has 1 amide bonds. The van der Waals surface area contributed by atoms with Crippen molar-refractivity contribution in [3.05, 3.63) is 46.6 Å². The van der Waals surface area contributed by atoms with Gasteiger partial charge in [0.15, 0.2) is 0 Å². The summed E-state index contributed by atoms with van der Waals surface area (Å²) in [4.78, 5) is 18.1. The van der Waals surface area contributed by atoms with Crippen LogP contribution in [-0.2, 0) is 11.2 Å². The fraction of sp³-hybridized carbons (Fsp3) is 0.143. The van der Waals surface area contributed by atoms with Gasteiger partial charge in [0.25, 0.3) is 0 Å². The number of halogens is 1. The average Bonchev–Trinajstić information content (AvgIpc) is 2.74. The van der Waals surface area contributed by atoms with Crippen LogP contribution in [0, 0.1) is 0 Å². The van der Waals surface area contributed by atoms with Crippen LogP contribution in [0.5, 0.6) is 0 Å². The van der Waals surface area contributed by atoms with Gasteiger partial charge in [0.1, 0.15) is 5.82 Å². The molecule has 1 aromatic heterocycles. The normalized spacial score (nSPS) is 13.6. The first-order chi connectivity index (χ1) is 9.19. The predicted octanol–water partition coefficient (Wildman–Crippen LogP) is 3.11. The van der Waals surface area contributed by atoms with E-state index >= 15 is 0 Å². The van der Waals surface area contributed by atoms with Gasteiger partial charge < -0.3 is 5.32 Å². The number of nitrogens with one attached hydrogen (secondary N) is 1. The lowest BCUT2D eigenvalue weighted by Gasteiger charge is -2.16. The van der Waals surface area contributed by atoms with E-state index in [2.05, 4.69) is 26.2 Å². The third-order valence-electron chi connectivity index (χ3n) is 3.14. The Bertz CT molecular complexity index is 640. The van der Waals surface area contributed by atoms with Crippen LogP contribution in [0.2, 0.25) is 0 Å². The van der Waals surface area contributed by atoms with Gasteiger partial charge in [0, 0.05) is 23.4 Å². The van der Waals surface area contributed by atoms with Gasteiger partial charge in [-0.2, -0.15) is 0 Å². The van der Waals surface area contributed by atoms with E-state index in [1.54, 1.807) is 11.1 Å². The zero-order valence-electron chi connectivity index (χ0n) is 10.4. The molecule has 4 nitrogen and oxygen atoms in total. The number of rotatable bonds is 2. The molecule has 3 rings (SSSR count). The van der Waals surface area contributed by atoms with Crippen molar-refractivity contribution in [2.75, 3.05) is 17.3 Å². The van der Waals surface area contributed by atoms with E-state index in [1.807, 2.05) is 37.4 Å². The molecule has 1 N–H and O–H groups in total. The summed E-state index contributed by atoms with van der Waals surface area (Å²) in [6.45, 7) is 0. The first-order valence-corrected chi connectivity index (χ1v) is 6.73. The number of benzene rings is 1. The summed E-state index contributed by atoms with van der Waals surface area (Å²) in [5, 5.41) is 3.08. The maximum absolute atomic E-state index is 12.2. The molecule has 1 aliphatic heterocycles. The SMILES string of the molecule is CNc1ccc2c(c1)CC(=O)N2c1ccc(Br)cn1. The first kappa shape index (κ1) is 12.2. The molecule has 0 radical (unpaired) electrons. The maximum atomic E-state index is 12.2. The summed E-state index contributed by atoms with van der Waals surface area (Å²) >= 11 is 3.35. The molecular formula is C14H12BrN3O. The number of carbonyl (C=O) groups excluding carboxylic acids is 1. The molecule has 19 heavy (non-hydrogen) atoms.